The Morgan fingerprint density at radius 1 is 1.04 bits per heavy atom. The molecule has 2 rings (SSSR count). The average molecular weight is 326 g/mol. The molecule has 4 nitrogen and oxygen atoms in total. The quantitative estimate of drug-likeness (QED) is 0.759. The molecule has 0 aromatic heterocycles. The fourth-order valence-corrected chi connectivity index (χ4v) is 2.54. The van der Waals surface area contributed by atoms with E-state index in [2.05, 4.69) is 5.32 Å². The lowest BCUT2D eigenvalue weighted by Gasteiger charge is -2.21. The van der Waals surface area contributed by atoms with Gasteiger partial charge < -0.3 is 15.0 Å². The van der Waals surface area contributed by atoms with Crippen LogP contribution in [0, 0.1) is 0 Å². The van der Waals surface area contributed by atoms with Crippen molar-refractivity contribution in [2.75, 3.05) is 25.0 Å². The molecule has 0 fully saturated rings. The van der Waals surface area contributed by atoms with Gasteiger partial charge in [-0.3, -0.25) is 4.79 Å². The van der Waals surface area contributed by atoms with E-state index in [9.17, 15) is 4.79 Å². The minimum Gasteiger partial charge on any atom is -0.492 e. The molecule has 2 aromatic rings. The Kier molecular flexibility index (Phi) is 7.15. The van der Waals surface area contributed by atoms with E-state index in [-0.39, 0.29) is 5.91 Å². The number of para-hydroxylation sites is 2. The zero-order valence-corrected chi connectivity index (χ0v) is 14.5. The first kappa shape index (κ1) is 17.9. The number of ether oxygens (including phenoxy) is 1. The highest BCUT2D eigenvalue weighted by molar-refractivity contribution is 5.76. The molecule has 0 bridgehead atoms. The fraction of sp³-hybridized carbons (Fsp3) is 0.350. The summed E-state index contributed by atoms with van der Waals surface area (Å²) >= 11 is 0. The number of benzene rings is 2. The number of rotatable bonds is 9. The maximum Gasteiger partial charge on any atom is 0.224 e. The molecule has 0 aliphatic heterocycles. The van der Waals surface area contributed by atoms with Gasteiger partial charge in [-0.25, -0.2) is 0 Å². The number of hydrogen-bond acceptors (Lipinski definition) is 3. The molecule has 0 radical (unpaired) electrons. The van der Waals surface area contributed by atoms with Crippen LogP contribution >= 0.6 is 0 Å². The molecule has 0 saturated carbocycles. The molecule has 0 heterocycles. The van der Waals surface area contributed by atoms with Crippen molar-refractivity contribution in [1.29, 1.82) is 0 Å². The van der Waals surface area contributed by atoms with Gasteiger partial charge >= 0.3 is 0 Å². The molecule has 0 atom stereocenters. The largest absolute Gasteiger partial charge is 0.492 e. The van der Waals surface area contributed by atoms with Crippen molar-refractivity contribution in [2.24, 2.45) is 0 Å². The predicted molar refractivity (Wildman–Crippen MR) is 98.3 cm³/mol. The summed E-state index contributed by atoms with van der Waals surface area (Å²) in [5, 5.41) is 3.30. The Hall–Kier alpha value is -2.49. The second-order valence-corrected chi connectivity index (χ2v) is 5.50. The summed E-state index contributed by atoms with van der Waals surface area (Å²) in [6.07, 6.45) is 0.459. The first-order valence-electron chi connectivity index (χ1n) is 8.52. The Labute approximate surface area is 144 Å². The van der Waals surface area contributed by atoms with Gasteiger partial charge in [-0.1, -0.05) is 42.5 Å². The lowest BCUT2D eigenvalue weighted by atomic mass is 10.2. The molecule has 0 aliphatic carbocycles. The van der Waals surface area contributed by atoms with Gasteiger partial charge in [-0.2, -0.15) is 0 Å². The normalized spacial score (nSPS) is 10.2. The number of nitrogens with zero attached hydrogens (tertiary/aromatic N) is 1. The Balaban J connectivity index is 1.85. The molecule has 1 amide bonds. The van der Waals surface area contributed by atoms with Gasteiger partial charge in [0.15, 0.2) is 0 Å². The van der Waals surface area contributed by atoms with E-state index in [1.807, 2.05) is 73.3 Å². The van der Waals surface area contributed by atoms with E-state index in [1.54, 1.807) is 0 Å². The highest BCUT2D eigenvalue weighted by Crippen LogP contribution is 2.23. The molecular weight excluding hydrogens is 300 g/mol. The van der Waals surface area contributed by atoms with Gasteiger partial charge in [0.1, 0.15) is 5.75 Å². The van der Waals surface area contributed by atoms with Crippen molar-refractivity contribution in [2.45, 2.75) is 26.8 Å². The van der Waals surface area contributed by atoms with E-state index in [0.29, 0.717) is 32.7 Å². The SMILES string of the molecule is CCOc1ccccc1NCCC(=O)N(CC)Cc1ccccc1. The van der Waals surface area contributed by atoms with Gasteiger partial charge in [-0.15, -0.1) is 0 Å². The van der Waals surface area contributed by atoms with Crippen molar-refractivity contribution >= 4 is 11.6 Å². The third-order valence-electron chi connectivity index (χ3n) is 3.79. The second-order valence-electron chi connectivity index (χ2n) is 5.50. The van der Waals surface area contributed by atoms with Gasteiger partial charge in [0.25, 0.3) is 0 Å². The molecule has 0 spiro atoms. The third-order valence-corrected chi connectivity index (χ3v) is 3.79. The van der Waals surface area contributed by atoms with Crippen LogP contribution in [-0.4, -0.2) is 30.5 Å². The van der Waals surface area contributed by atoms with E-state index in [0.717, 1.165) is 17.0 Å². The van der Waals surface area contributed by atoms with Gasteiger partial charge in [0.05, 0.1) is 12.3 Å². The Morgan fingerprint density at radius 2 is 1.75 bits per heavy atom. The highest BCUT2D eigenvalue weighted by Gasteiger charge is 2.12. The zero-order valence-electron chi connectivity index (χ0n) is 14.5. The molecule has 1 N–H and O–H groups in total. The molecule has 0 aliphatic rings. The second kappa shape index (κ2) is 9.60. The van der Waals surface area contributed by atoms with Crippen LogP contribution in [0.4, 0.5) is 5.69 Å². The van der Waals surface area contributed by atoms with Crippen LogP contribution in [0.3, 0.4) is 0 Å². The summed E-state index contributed by atoms with van der Waals surface area (Å²) in [6.45, 7) is 6.56. The standard InChI is InChI=1S/C20H26N2O2/c1-3-22(16-17-10-6-5-7-11-17)20(23)14-15-21-18-12-8-9-13-19(18)24-4-2/h5-13,21H,3-4,14-16H2,1-2H3. The van der Waals surface area contributed by atoms with E-state index in [1.165, 1.54) is 0 Å². The molecule has 24 heavy (non-hydrogen) atoms. The van der Waals surface area contributed by atoms with Crippen LogP contribution < -0.4 is 10.1 Å². The lowest BCUT2D eigenvalue weighted by Crippen LogP contribution is -2.31. The molecule has 4 heteroatoms. The van der Waals surface area contributed by atoms with Crippen molar-refractivity contribution in [1.82, 2.24) is 4.90 Å². The number of anilines is 1. The minimum absolute atomic E-state index is 0.155. The smallest absolute Gasteiger partial charge is 0.224 e. The first-order valence-corrected chi connectivity index (χ1v) is 8.52. The van der Waals surface area contributed by atoms with Gasteiger partial charge in [-0.05, 0) is 31.5 Å². The Morgan fingerprint density at radius 3 is 2.46 bits per heavy atom. The number of amides is 1. The summed E-state index contributed by atoms with van der Waals surface area (Å²) in [7, 11) is 0. The summed E-state index contributed by atoms with van der Waals surface area (Å²) in [4.78, 5) is 14.3. The predicted octanol–water partition coefficient (Wildman–Crippen LogP) is 3.94. The maximum absolute atomic E-state index is 12.4. The summed E-state index contributed by atoms with van der Waals surface area (Å²) in [6, 6.07) is 17.9. The van der Waals surface area contributed by atoms with Crippen LogP contribution in [0.5, 0.6) is 5.75 Å². The molecule has 0 unspecified atom stereocenters. The minimum atomic E-state index is 0.155. The van der Waals surface area contributed by atoms with Crippen molar-refractivity contribution in [3.63, 3.8) is 0 Å². The van der Waals surface area contributed by atoms with Crippen LogP contribution in [0.25, 0.3) is 0 Å². The summed E-state index contributed by atoms with van der Waals surface area (Å²) in [5.41, 5.74) is 2.08. The van der Waals surface area contributed by atoms with Crippen LogP contribution in [0.2, 0.25) is 0 Å². The number of nitrogens with one attached hydrogen (secondary N) is 1. The summed E-state index contributed by atoms with van der Waals surface area (Å²) in [5.74, 6) is 0.979. The number of carbonyl (C=O) groups is 1. The van der Waals surface area contributed by atoms with Crippen molar-refractivity contribution < 1.29 is 9.53 Å². The number of hydrogen-bond donors (Lipinski definition) is 1. The molecule has 128 valence electrons. The van der Waals surface area contributed by atoms with E-state index in [4.69, 9.17) is 4.74 Å². The first-order chi connectivity index (χ1) is 11.7. The zero-order chi connectivity index (χ0) is 17.2. The van der Waals surface area contributed by atoms with Gasteiger partial charge in [0, 0.05) is 26.1 Å². The Bertz CT molecular complexity index is 629. The van der Waals surface area contributed by atoms with E-state index >= 15 is 0 Å². The number of carbonyl (C=O) groups excluding carboxylic acids is 1. The van der Waals surface area contributed by atoms with Crippen molar-refractivity contribution in [3.8, 4) is 5.75 Å². The fourth-order valence-electron chi connectivity index (χ4n) is 2.54. The van der Waals surface area contributed by atoms with Crippen molar-refractivity contribution in [3.05, 3.63) is 60.2 Å². The molecule has 0 saturated heterocycles. The van der Waals surface area contributed by atoms with E-state index < -0.39 is 0 Å². The molecule has 2 aromatic carbocycles. The monoisotopic (exact) mass is 326 g/mol. The topological polar surface area (TPSA) is 41.6 Å². The highest BCUT2D eigenvalue weighted by atomic mass is 16.5. The third kappa shape index (κ3) is 5.30. The summed E-state index contributed by atoms with van der Waals surface area (Å²) < 4.78 is 5.58. The van der Waals surface area contributed by atoms with Crippen LogP contribution in [0.1, 0.15) is 25.8 Å². The van der Waals surface area contributed by atoms with Crippen LogP contribution in [0.15, 0.2) is 54.6 Å². The van der Waals surface area contributed by atoms with Gasteiger partial charge in [0.2, 0.25) is 5.91 Å². The molecular formula is C20H26N2O2. The van der Waals surface area contributed by atoms with Crippen LogP contribution in [-0.2, 0) is 11.3 Å². The average Bonchev–Trinajstić information content (AvgIpc) is 2.62. The maximum atomic E-state index is 12.4. The lowest BCUT2D eigenvalue weighted by molar-refractivity contribution is -0.131.